The predicted octanol–water partition coefficient (Wildman–Crippen LogP) is 3.48. The van der Waals surface area contributed by atoms with Gasteiger partial charge in [-0.15, -0.1) is 0 Å². The van der Waals surface area contributed by atoms with Crippen LogP contribution >= 0.6 is 0 Å². The van der Waals surface area contributed by atoms with E-state index < -0.39 is 0 Å². The average Bonchev–Trinajstić information content (AvgIpc) is 3.52. The number of benzene rings is 2. The SMILES string of the molecule is COc1ccc(N2CCN(c3nc(NCCc4ccc(OC)c(OC)c4)nc(N4CCCC4)n3)CC2)cc1. The van der Waals surface area contributed by atoms with Crippen molar-refractivity contribution in [3.8, 4) is 17.2 Å². The lowest BCUT2D eigenvalue weighted by atomic mass is 10.1. The Morgan fingerprint density at radius 3 is 1.95 bits per heavy atom. The Hall–Kier alpha value is -3.95. The van der Waals surface area contributed by atoms with Crippen molar-refractivity contribution in [1.29, 1.82) is 0 Å². The maximum absolute atomic E-state index is 5.44. The van der Waals surface area contributed by atoms with Crippen molar-refractivity contribution in [1.82, 2.24) is 15.0 Å². The Labute approximate surface area is 224 Å². The third kappa shape index (κ3) is 5.95. The van der Waals surface area contributed by atoms with Crippen LogP contribution in [0.5, 0.6) is 17.2 Å². The zero-order valence-electron chi connectivity index (χ0n) is 22.5. The van der Waals surface area contributed by atoms with E-state index in [2.05, 4.69) is 38.2 Å². The van der Waals surface area contributed by atoms with Crippen LogP contribution in [0, 0.1) is 0 Å². The predicted molar refractivity (Wildman–Crippen MR) is 150 cm³/mol. The minimum absolute atomic E-state index is 0.620. The lowest BCUT2D eigenvalue weighted by Crippen LogP contribution is -2.47. The zero-order chi connectivity index (χ0) is 26.3. The van der Waals surface area contributed by atoms with Gasteiger partial charge < -0.3 is 34.2 Å². The molecule has 0 bridgehead atoms. The zero-order valence-corrected chi connectivity index (χ0v) is 22.5. The number of anilines is 4. The van der Waals surface area contributed by atoms with Gasteiger partial charge in [0, 0.05) is 51.5 Å². The van der Waals surface area contributed by atoms with Gasteiger partial charge in [0.25, 0.3) is 0 Å². The van der Waals surface area contributed by atoms with Crippen LogP contribution in [0.1, 0.15) is 18.4 Å². The van der Waals surface area contributed by atoms with Gasteiger partial charge in [-0.1, -0.05) is 6.07 Å². The molecule has 1 N–H and O–H groups in total. The highest BCUT2D eigenvalue weighted by atomic mass is 16.5. The minimum Gasteiger partial charge on any atom is -0.497 e. The summed E-state index contributed by atoms with van der Waals surface area (Å²) >= 11 is 0. The van der Waals surface area contributed by atoms with Gasteiger partial charge in [0.1, 0.15) is 5.75 Å². The number of aromatic nitrogens is 3. The Kier molecular flexibility index (Phi) is 8.15. The lowest BCUT2D eigenvalue weighted by Gasteiger charge is -2.36. The minimum atomic E-state index is 0.620. The maximum Gasteiger partial charge on any atom is 0.232 e. The molecule has 2 fully saturated rings. The van der Waals surface area contributed by atoms with Crippen molar-refractivity contribution in [2.75, 3.05) is 87.2 Å². The Morgan fingerprint density at radius 1 is 0.684 bits per heavy atom. The monoisotopic (exact) mass is 519 g/mol. The Balaban J connectivity index is 1.26. The number of nitrogens with one attached hydrogen (secondary N) is 1. The molecule has 2 aliphatic rings. The van der Waals surface area contributed by atoms with Gasteiger partial charge >= 0.3 is 0 Å². The van der Waals surface area contributed by atoms with Gasteiger partial charge in [-0.05, 0) is 61.2 Å². The van der Waals surface area contributed by atoms with Gasteiger partial charge in [0.15, 0.2) is 11.5 Å². The summed E-state index contributed by atoms with van der Waals surface area (Å²) in [6.07, 6.45) is 3.15. The second-order valence-corrected chi connectivity index (χ2v) is 9.49. The molecule has 0 radical (unpaired) electrons. The quantitative estimate of drug-likeness (QED) is 0.430. The first-order valence-corrected chi connectivity index (χ1v) is 13.3. The topological polar surface area (TPSA) is 88.1 Å². The van der Waals surface area contributed by atoms with E-state index in [1.807, 2.05) is 24.3 Å². The van der Waals surface area contributed by atoms with E-state index in [0.717, 1.165) is 80.4 Å². The summed E-state index contributed by atoms with van der Waals surface area (Å²) in [5.74, 6) is 4.46. The second kappa shape index (κ2) is 12.1. The van der Waals surface area contributed by atoms with Gasteiger partial charge in [-0.2, -0.15) is 15.0 Å². The standard InChI is InChI=1S/C28H37N7O3/c1-36-23-9-7-22(8-10-23)33-16-18-35(19-17-33)28-31-26(30-27(32-28)34-14-4-5-15-34)29-13-12-21-6-11-24(37-2)25(20-21)38-3/h6-11,20H,4-5,12-19H2,1-3H3,(H,29,30,31,32). The molecule has 2 saturated heterocycles. The highest BCUT2D eigenvalue weighted by Gasteiger charge is 2.23. The Bertz CT molecular complexity index is 1190. The normalized spacial score (nSPS) is 15.5. The van der Waals surface area contributed by atoms with Crippen LogP contribution in [-0.2, 0) is 6.42 Å². The number of hydrogen-bond donors (Lipinski definition) is 1. The first-order chi connectivity index (χ1) is 18.7. The number of rotatable bonds is 10. The molecule has 3 aromatic rings. The summed E-state index contributed by atoms with van der Waals surface area (Å²) in [7, 11) is 5.00. The molecule has 202 valence electrons. The average molecular weight is 520 g/mol. The van der Waals surface area contributed by atoms with E-state index >= 15 is 0 Å². The fourth-order valence-corrected chi connectivity index (χ4v) is 4.95. The summed E-state index contributed by atoms with van der Waals surface area (Å²) in [5.41, 5.74) is 2.36. The van der Waals surface area contributed by atoms with Crippen molar-refractivity contribution in [2.24, 2.45) is 0 Å². The molecule has 3 heterocycles. The van der Waals surface area contributed by atoms with E-state index in [1.54, 1.807) is 21.3 Å². The number of hydrogen-bond acceptors (Lipinski definition) is 10. The first-order valence-electron chi connectivity index (χ1n) is 13.3. The third-order valence-corrected chi connectivity index (χ3v) is 7.15. The summed E-state index contributed by atoms with van der Waals surface area (Å²) in [4.78, 5) is 21.4. The van der Waals surface area contributed by atoms with Crippen LogP contribution in [0.4, 0.5) is 23.5 Å². The van der Waals surface area contributed by atoms with Crippen molar-refractivity contribution in [2.45, 2.75) is 19.3 Å². The summed E-state index contributed by atoms with van der Waals surface area (Å²) in [5, 5.41) is 3.44. The van der Waals surface area contributed by atoms with E-state index in [-0.39, 0.29) is 0 Å². The number of piperazine rings is 1. The number of nitrogens with zero attached hydrogens (tertiary/aromatic N) is 6. The van der Waals surface area contributed by atoms with E-state index in [0.29, 0.717) is 12.5 Å². The van der Waals surface area contributed by atoms with Gasteiger partial charge in [-0.25, -0.2) is 0 Å². The van der Waals surface area contributed by atoms with Crippen molar-refractivity contribution >= 4 is 23.5 Å². The molecule has 0 unspecified atom stereocenters. The third-order valence-electron chi connectivity index (χ3n) is 7.15. The second-order valence-electron chi connectivity index (χ2n) is 9.49. The van der Waals surface area contributed by atoms with Crippen LogP contribution in [0.15, 0.2) is 42.5 Å². The van der Waals surface area contributed by atoms with Crippen LogP contribution in [0.2, 0.25) is 0 Å². The fourth-order valence-electron chi connectivity index (χ4n) is 4.95. The van der Waals surface area contributed by atoms with Gasteiger partial charge in [0.05, 0.1) is 21.3 Å². The molecule has 0 spiro atoms. The maximum atomic E-state index is 5.44. The largest absolute Gasteiger partial charge is 0.497 e. The highest BCUT2D eigenvalue weighted by molar-refractivity contribution is 5.52. The highest BCUT2D eigenvalue weighted by Crippen LogP contribution is 2.28. The lowest BCUT2D eigenvalue weighted by molar-refractivity contribution is 0.354. The smallest absolute Gasteiger partial charge is 0.232 e. The molecule has 0 saturated carbocycles. The summed E-state index contributed by atoms with van der Waals surface area (Å²) in [6.45, 7) is 6.17. The Morgan fingerprint density at radius 2 is 1.32 bits per heavy atom. The molecule has 2 aromatic carbocycles. The van der Waals surface area contributed by atoms with E-state index in [4.69, 9.17) is 29.2 Å². The first kappa shape index (κ1) is 25.7. The van der Waals surface area contributed by atoms with Gasteiger partial charge in [0.2, 0.25) is 17.8 Å². The van der Waals surface area contributed by atoms with E-state index in [9.17, 15) is 0 Å². The van der Waals surface area contributed by atoms with E-state index in [1.165, 1.54) is 18.5 Å². The van der Waals surface area contributed by atoms with Crippen LogP contribution in [0.25, 0.3) is 0 Å². The number of ether oxygens (including phenoxy) is 3. The molecule has 38 heavy (non-hydrogen) atoms. The van der Waals surface area contributed by atoms with Crippen LogP contribution < -0.4 is 34.2 Å². The van der Waals surface area contributed by atoms with Crippen molar-refractivity contribution in [3.05, 3.63) is 48.0 Å². The molecule has 10 nitrogen and oxygen atoms in total. The molecule has 5 rings (SSSR count). The summed E-state index contributed by atoms with van der Waals surface area (Å²) in [6, 6.07) is 14.3. The summed E-state index contributed by atoms with van der Waals surface area (Å²) < 4.78 is 16.1. The van der Waals surface area contributed by atoms with Gasteiger partial charge in [-0.3, -0.25) is 0 Å². The van der Waals surface area contributed by atoms with Crippen LogP contribution in [0.3, 0.4) is 0 Å². The molecule has 0 amide bonds. The fraction of sp³-hybridized carbons (Fsp3) is 0.464. The molecule has 1 aromatic heterocycles. The molecule has 0 aliphatic carbocycles. The molecular weight excluding hydrogens is 482 g/mol. The molecule has 10 heteroatoms. The van der Waals surface area contributed by atoms with Crippen molar-refractivity contribution in [3.63, 3.8) is 0 Å². The number of methoxy groups -OCH3 is 3. The molecule has 0 atom stereocenters. The molecular formula is C28H37N7O3. The van der Waals surface area contributed by atoms with Crippen molar-refractivity contribution < 1.29 is 14.2 Å². The molecule has 2 aliphatic heterocycles. The van der Waals surface area contributed by atoms with Crippen LogP contribution in [-0.4, -0.2) is 82.1 Å².